The summed E-state index contributed by atoms with van der Waals surface area (Å²) in [4.78, 5) is 8.91. The van der Waals surface area contributed by atoms with E-state index < -0.39 is 0 Å². The monoisotopic (exact) mass is 421 g/mol. The number of hydrogen-bond donors (Lipinski definition) is 2. The first-order valence-corrected chi connectivity index (χ1v) is 11.2. The standard InChI is InChI=1S/C23H40FN5O/c1-6-19(7-2)22(29-10-12-30-13-11-29)16-27-23(25-3)26-15-18-8-9-21(24)20(14-18)17-28(4)5/h8-9,14,19,22H,6-7,10-13,15-17H2,1-5H3,(H2,25,26,27). The van der Waals surface area contributed by atoms with Gasteiger partial charge in [-0.2, -0.15) is 0 Å². The van der Waals surface area contributed by atoms with Crippen LogP contribution in [0.5, 0.6) is 0 Å². The van der Waals surface area contributed by atoms with Crippen LogP contribution in [0.1, 0.15) is 37.8 Å². The van der Waals surface area contributed by atoms with Crippen molar-refractivity contribution in [2.45, 2.75) is 45.8 Å². The number of halogens is 1. The zero-order chi connectivity index (χ0) is 21.9. The number of ether oxygens (including phenoxy) is 1. The molecule has 2 rings (SSSR count). The molecular formula is C23H40FN5O. The van der Waals surface area contributed by atoms with Gasteiger partial charge >= 0.3 is 0 Å². The predicted molar refractivity (Wildman–Crippen MR) is 122 cm³/mol. The van der Waals surface area contributed by atoms with E-state index in [1.807, 2.05) is 31.1 Å². The molecule has 2 N–H and O–H groups in total. The van der Waals surface area contributed by atoms with Crippen LogP contribution in [0.15, 0.2) is 23.2 Å². The van der Waals surface area contributed by atoms with Crippen LogP contribution in [0, 0.1) is 11.7 Å². The van der Waals surface area contributed by atoms with Crippen molar-refractivity contribution < 1.29 is 9.13 Å². The van der Waals surface area contributed by atoms with Gasteiger partial charge in [0.2, 0.25) is 0 Å². The van der Waals surface area contributed by atoms with Crippen LogP contribution in [0.4, 0.5) is 4.39 Å². The topological polar surface area (TPSA) is 52.1 Å². The molecule has 1 unspecified atom stereocenters. The van der Waals surface area contributed by atoms with Gasteiger partial charge in [0.1, 0.15) is 5.82 Å². The van der Waals surface area contributed by atoms with Crippen LogP contribution in [-0.2, 0) is 17.8 Å². The second kappa shape index (κ2) is 12.9. The molecule has 1 saturated heterocycles. The molecule has 0 aliphatic carbocycles. The van der Waals surface area contributed by atoms with Crippen LogP contribution in [0.25, 0.3) is 0 Å². The van der Waals surface area contributed by atoms with Gasteiger partial charge in [-0.3, -0.25) is 9.89 Å². The smallest absolute Gasteiger partial charge is 0.191 e. The van der Waals surface area contributed by atoms with Gasteiger partial charge in [-0.1, -0.05) is 32.8 Å². The minimum absolute atomic E-state index is 0.159. The minimum atomic E-state index is -0.159. The Balaban J connectivity index is 1.95. The summed E-state index contributed by atoms with van der Waals surface area (Å²) in [5.41, 5.74) is 1.75. The normalized spacial score (nSPS) is 16.9. The van der Waals surface area contributed by atoms with E-state index in [0.717, 1.165) is 57.2 Å². The van der Waals surface area contributed by atoms with Crippen LogP contribution in [-0.4, -0.2) is 75.8 Å². The maximum atomic E-state index is 14.0. The molecular weight excluding hydrogens is 381 g/mol. The Morgan fingerprint density at radius 3 is 2.50 bits per heavy atom. The minimum Gasteiger partial charge on any atom is -0.379 e. The highest BCUT2D eigenvalue weighted by Gasteiger charge is 2.27. The Bertz CT molecular complexity index is 657. The van der Waals surface area contributed by atoms with Crippen LogP contribution >= 0.6 is 0 Å². The van der Waals surface area contributed by atoms with E-state index in [1.165, 1.54) is 0 Å². The number of guanidine groups is 1. The average molecular weight is 422 g/mol. The van der Waals surface area contributed by atoms with Crippen LogP contribution in [0.2, 0.25) is 0 Å². The molecule has 1 fully saturated rings. The summed E-state index contributed by atoms with van der Waals surface area (Å²) >= 11 is 0. The largest absolute Gasteiger partial charge is 0.379 e. The van der Waals surface area contributed by atoms with Crippen molar-refractivity contribution in [1.29, 1.82) is 0 Å². The molecule has 0 radical (unpaired) electrons. The van der Waals surface area contributed by atoms with Crippen LogP contribution in [0.3, 0.4) is 0 Å². The van der Waals surface area contributed by atoms with Gasteiger partial charge in [0.15, 0.2) is 5.96 Å². The van der Waals surface area contributed by atoms with E-state index in [0.29, 0.717) is 30.6 Å². The fourth-order valence-electron chi connectivity index (χ4n) is 4.14. The highest BCUT2D eigenvalue weighted by molar-refractivity contribution is 5.79. The fraction of sp³-hybridized carbons (Fsp3) is 0.696. The molecule has 0 bridgehead atoms. The molecule has 1 aromatic rings. The van der Waals surface area contributed by atoms with Crippen molar-refractivity contribution in [3.63, 3.8) is 0 Å². The van der Waals surface area contributed by atoms with Crippen molar-refractivity contribution in [2.24, 2.45) is 10.9 Å². The van der Waals surface area contributed by atoms with E-state index in [9.17, 15) is 4.39 Å². The molecule has 170 valence electrons. The summed E-state index contributed by atoms with van der Waals surface area (Å²) in [6, 6.07) is 5.76. The number of nitrogens with zero attached hydrogens (tertiary/aromatic N) is 3. The van der Waals surface area contributed by atoms with Gasteiger partial charge in [0, 0.05) is 51.4 Å². The van der Waals surface area contributed by atoms with Gasteiger partial charge in [-0.05, 0) is 37.7 Å². The van der Waals surface area contributed by atoms with Crippen molar-refractivity contribution in [2.75, 3.05) is 54.0 Å². The lowest BCUT2D eigenvalue weighted by molar-refractivity contribution is 0.00272. The third-order valence-electron chi connectivity index (χ3n) is 5.87. The van der Waals surface area contributed by atoms with E-state index in [1.54, 1.807) is 13.1 Å². The molecule has 1 aliphatic rings. The Morgan fingerprint density at radius 2 is 1.90 bits per heavy atom. The highest BCUT2D eigenvalue weighted by Crippen LogP contribution is 2.19. The van der Waals surface area contributed by atoms with Crippen molar-refractivity contribution in [3.8, 4) is 0 Å². The first-order chi connectivity index (χ1) is 14.5. The molecule has 0 saturated carbocycles. The quantitative estimate of drug-likeness (QED) is 0.449. The van der Waals surface area contributed by atoms with E-state index >= 15 is 0 Å². The molecule has 0 aromatic heterocycles. The Labute approximate surface area is 181 Å². The van der Waals surface area contributed by atoms with E-state index in [-0.39, 0.29) is 5.82 Å². The van der Waals surface area contributed by atoms with Crippen LogP contribution < -0.4 is 10.6 Å². The van der Waals surface area contributed by atoms with Crippen molar-refractivity contribution in [3.05, 3.63) is 35.1 Å². The molecule has 1 aromatic carbocycles. The zero-order valence-corrected chi connectivity index (χ0v) is 19.4. The van der Waals surface area contributed by atoms with E-state index in [2.05, 4.69) is 34.4 Å². The number of benzene rings is 1. The lowest BCUT2D eigenvalue weighted by atomic mass is 9.92. The number of hydrogen-bond acceptors (Lipinski definition) is 4. The summed E-state index contributed by atoms with van der Waals surface area (Å²) in [5.74, 6) is 1.26. The van der Waals surface area contributed by atoms with E-state index in [4.69, 9.17) is 4.74 Å². The second-order valence-corrected chi connectivity index (χ2v) is 8.26. The maximum Gasteiger partial charge on any atom is 0.191 e. The second-order valence-electron chi connectivity index (χ2n) is 8.26. The fourth-order valence-corrected chi connectivity index (χ4v) is 4.14. The lowest BCUT2D eigenvalue weighted by Gasteiger charge is -2.39. The summed E-state index contributed by atoms with van der Waals surface area (Å²) < 4.78 is 19.6. The van der Waals surface area contributed by atoms with Gasteiger partial charge < -0.3 is 20.3 Å². The molecule has 30 heavy (non-hydrogen) atoms. The third-order valence-corrected chi connectivity index (χ3v) is 5.87. The SMILES string of the molecule is CCC(CC)C(CNC(=NC)NCc1ccc(F)c(CN(C)C)c1)N1CCOCC1. The van der Waals surface area contributed by atoms with Crippen molar-refractivity contribution in [1.82, 2.24) is 20.4 Å². The summed E-state index contributed by atoms with van der Waals surface area (Å²) in [6.45, 7) is 10.2. The van der Waals surface area contributed by atoms with Gasteiger partial charge in [0.25, 0.3) is 0 Å². The first-order valence-electron chi connectivity index (χ1n) is 11.2. The zero-order valence-electron chi connectivity index (χ0n) is 19.4. The number of nitrogens with one attached hydrogen (secondary N) is 2. The number of rotatable bonds is 10. The Morgan fingerprint density at radius 1 is 1.20 bits per heavy atom. The lowest BCUT2D eigenvalue weighted by Crippen LogP contribution is -2.53. The highest BCUT2D eigenvalue weighted by atomic mass is 19.1. The van der Waals surface area contributed by atoms with Crippen molar-refractivity contribution >= 4 is 5.96 Å². The van der Waals surface area contributed by atoms with Gasteiger partial charge in [0.05, 0.1) is 13.2 Å². The number of aliphatic imine (C=N–C) groups is 1. The molecule has 1 heterocycles. The third kappa shape index (κ3) is 7.52. The Kier molecular flexibility index (Phi) is 10.5. The van der Waals surface area contributed by atoms with Gasteiger partial charge in [-0.15, -0.1) is 0 Å². The molecule has 1 atom stereocenters. The predicted octanol–water partition coefficient (Wildman–Crippen LogP) is 2.69. The molecule has 0 amide bonds. The maximum absolute atomic E-state index is 14.0. The summed E-state index contributed by atoms with van der Waals surface area (Å²) in [7, 11) is 5.68. The average Bonchev–Trinajstić information content (AvgIpc) is 2.75. The molecule has 7 heteroatoms. The summed E-state index contributed by atoms with van der Waals surface area (Å²) in [5, 5.41) is 6.90. The Hall–Kier alpha value is -1.70. The molecule has 6 nitrogen and oxygen atoms in total. The number of morpholine rings is 1. The van der Waals surface area contributed by atoms with Gasteiger partial charge in [-0.25, -0.2) is 4.39 Å². The summed E-state index contributed by atoms with van der Waals surface area (Å²) in [6.07, 6.45) is 2.33. The molecule has 0 spiro atoms. The first kappa shape index (κ1) is 24.6. The molecule has 1 aliphatic heterocycles.